The Labute approximate surface area is 198 Å². The first-order valence-corrected chi connectivity index (χ1v) is 12.6. The van der Waals surface area contributed by atoms with E-state index in [9.17, 15) is 30.0 Å². The van der Waals surface area contributed by atoms with E-state index >= 15 is 0 Å². The van der Waals surface area contributed by atoms with E-state index in [1.807, 2.05) is 30.3 Å². The summed E-state index contributed by atoms with van der Waals surface area (Å²) < 4.78 is 69.7. The van der Waals surface area contributed by atoms with Crippen molar-refractivity contribution in [3.8, 4) is 5.75 Å². The van der Waals surface area contributed by atoms with Crippen LogP contribution in [0.15, 0.2) is 72.8 Å². The van der Waals surface area contributed by atoms with Gasteiger partial charge >= 0.3 is 39.1 Å². The van der Waals surface area contributed by atoms with Crippen molar-refractivity contribution in [3.05, 3.63) is 101 Å². The summed E-state index contributed by atoms with van der Waals surface area (Å²) in [4.78, 5) is 12.0. The molecule has 186 valence electrons. The summed E-state index contributed by atoms with van der Waals surface area (Å²) in [7, 11) is -10.7. The monoisotopic (exact) mass is 524 g/mol. The first-order valence-electron chi connectivity index (χ1n) is 9.86. The van der Waals surface area contributed by atoms with Crippen molar-refractivity contribution in [2.24, 2.45) is 0 Å². The third kappa shape index (κ3) is 12.5. The molecule has 0 aliphatic heterocycles. The SMILES string of the molecule is Cc1ccc(Cc2ccccc2COC(=O)Oc2ccc(C[SH2+])cc2)cc1.F[P-](F)(F)(F)(F)F. The topological polar surface area (TPSA) is 35.5 Å². The van der Waals surface area contributed by atoms with Crippen LogP contribution in [0.5, 0.6) is 5.75 Å². The molecule has 0 atom stereocenters. The standard InChI is InChI=1S/C23H22O3S.F6P/c1-17-6-8-18(9-7-17)14-20-4-2-3-5-21(20)15-25-23(24)26-22-12-10-19(16-27)11-13-22;1-7(2,3,4,5)6/h2-13,27H,14-16H2,1H3;/q;-1/p+1. The van der Waals surface area contributed by atoms with E-state index in [1.165, 1.54) is 11.1 Å². The van der Waals surface area contributed by atoms with Crippen molar-refractivity contribution in [1.82, 2.24) is 0 Å². The van der Waals surface area contributed by atoms with Gasteiger partial charge in [0, 0.05) is 5.56 Å². The Hall–Kier alpha value is -2.71. The van der Waals surface area contributed by atoms with Crippen LogP contribution in [-0.2, 0) is 36.1 Å². The molecule has 0 radical (unpaired) electrons. The van der Waals surface area contributed by atoms with Gasteiger partial charge in [0.25, 0.3) is 0 Å². The van der Waals surface area contributed by atoms with E-state index in [0.29, 0.717) is 5.75 Å². The van der Waals surface area contributed by atoms with Crippen molar-refractivity contribution in [3.63, 3.8) is 0 Å². The molecule has 0 saturated heterocycles. The zero-order valence-electron chi connectivity index (χ0n) is 18.0. The summed E-state index contributed by atoms with van der Waals surface area (Å²) in [6.45, 7) is 2.25. The molecule has 3 rings (SSSR count). The summed E-state index contributed by atoms with van der Waals surface area (Å²) >= 11 is 3.43. The second-order valence-electron chi connectivity index (χ2n) is 7.35. The minimum atomic E-state index is -10.7. The van der Waals surface area contributed by atoms with Crippen LogP contribution in [0, 0.1) is 6.92 Å². The molecular formula is C23H23F6O3PS. The summed E-state index contributed by atoms with van der Waals surface area (Å²) in [5.41, 5.74) is 5.68. The fourth-order valence-corrected chi connectivity index (χ4v) is 2.97. The molecule has 0 saturated carbocycles. The van der Waals surface area contributed by atoms with Gasteiger partial charge in [-0.2, -0.15) is 0 Å². The molecule has 0 amide bonds. The molecular weight excluding hydrogens is 501 g/mol. The second-order valence-corrected chi connectivity index (χ2v) is 9.62. The number of carbonyl (C=O) groups excluding carboxylic acids is 1. The zero-order valence-corrected chi connectivity index (χ0v) is 19.9. The molecule has 0 aliphatic carbocycles. The molecule has 0 aromatic heterocycles. The maximum atomic E-state index is 12.0. The number of ether oxygens (including phenoxy) is 2. The Kier molecular flexibility index (Phi) is 8.32. The van der Waals surface area contributed by atoms with Crippen LogP contribution in [0.25, 0.3) is 0 Å². The van der Waals surface area contributed by atoms with Crippen LogP contribution in [0.4, 0.5) is 30.0 Å². The number of rotatable bonds is 6. The van der Waals surface area contributed by atoms with Gasteiger partial charge in [0.15, 0.2) is 0 Å². The Balaban J connectivity index is 0.000000509. The predicted octanol–water partition coefficient (Wildman–Crippen LogP) is 8.20. The molecule has 0 aliphatic rings. The van der Waals surface area contributed by atoms with E-state index in [-0.39, 0.29) is 6.61 Å². The Morgan fingerprint density at radius 1 is 0.794 bits per heavy atom. The molecule has 3 aromatic rings. The van der Waals surface area contributed by atoms with Crippen LogP contribution < -0.4 is 4.74 Å². The molecule has 11 heteroatoms. The van der Waals surface area contributed by atoms with Gasteiger partial charge in [-0.05, 0) is 54.8 Å². The molecule has 3 aromatic carbocycles. The van der Waals surface area contributed by atoms with E-state index in [1.54, 1.807) is 12.1 Å². The normalized spacial score (nSPS) is 13.1. The van der Waals surface area contributed by atoms with E-state index in [2.05, 4.69) is 49.9 Å². The Bertz CT molecular complexity index is 1090. The maximum absolute atomic E-state index is 12.0. The van der Waals surface area contributed by atoms with Crippen LogP contribution >= 0.6 is 7.81 Å². The van der Waals surface area contributed by atoms with Gasteiger partial charge in [-0.25, -0.2) is 4.79 Å². The number of halogens is 6. The number of hydrogen-bond acceptors (Lipinski definition) is 3. The first kappa shape index (κ1) is 27.5. The quantitative estimate of drug-likeness (QED) is 0.107. The van der Waals surface area contributed by atoms with Crippen LogP contribution in [0.3, 0.4) is 0 Å². The molecule has 0 bridgehead atoms. The summed E-state index contributed by atoms with van der Waals surface area (Å²) in [5.74, 6) is 1.22. The predicted molar refractivity (Wildman–Crippen MR) is 125 cm³/mol. The number of benzene rings is 3. The molecule has 3 nitrogen and oxygen atoms in total. The third-order valence-corrected chi connectivity index (χ3v) is 4.72. The average Bonchev–Trinajstić information content (AvgIpc) is 2.73. The summed E-state index contributed by atoms with van der Waals surface area (Å²) in [6, 6.07) is 23.7. The molecule has 0 spiro atoms. The number of aryl methyl sites for hydroxylation is 1. The van der Waals surface area contributed by atoms with Gasteiger partial charge in [-0.1, -0.05) is 66.2 Å². The van der Waals surface area contributed by atoms with Gasteiger partial charge in [-0.3, -0.25) is 0 Å². The van der Waals surface area contributed by atoms with Gasteiger partial charge in [0.2, 0.25) is 0 Å². The minimum absolute atomic E-state index is 0.181. The second kappa shape index (κ2) is 10.3. The van der Waals surface area contributed by atoms with Gasteiger partial charge in [0.1, 0.15) is 18.1 Å². The first-order chi connectivity index (χ1) is 15.6. The molecule has 0 unspecified atom stereocenters. The van der Waals surface area contributed by atoms with Crippen LogP contribution in [-0.4, -0.2) is 6.16 Å². The zero-order chi connectivity index (χ0) is 25.5. The summed E-state index contributed by atoms with van der Waals surface area (Å²) in [5, 5.41) is 0. The Morgan fingerprint density at radius 2 is 1.29 bits per heavy atom. The third-order valence-electron chi connectivity index (χ3n) is 4.31. The molecule has 0 fully saturated rings. The number of carbonyl (C=O) groups is 1. The van der Waals surface area contributed by atoms with E-state index < -0.39 is 14.0 Å². The van der Waals surface area contributed by atoms with Gasteiger partial charge in [0.05, 0.1) is 0 Å². The van der Waals surface area contributed by atoms with Crippen molar-refractivity contribution in [1.29, 1.82) is 0 Å². The molecule has 0 N–H and O–H groups in total. The van der Waals surface area contributed by atoms with E-state index in [0.717, 1.165) is 28.9 Å². The van der Waals surface area contributed by atoms with Crippen molar-refractivity contribution >= 4 is 26.6 Å². The van der Waals surface area contributed by atoms with Crippen LogP contribution in [0.1, 0.15) is 27.8 Å². The van der Waals surface area contributed by atoms with Gasteiger partial charge < -0.3 is 9.47 Å². The van der Waals surface area contributed by atoms with Gasteiger partial charge in [-0.15, -0.1) is 0 Å². The Morgan fingerprint density at radius 3 is 1.82 bits per heavy atom. The summed E-state index contributed by atoms with van der Waals surface area (Å²) in [6.07, 6.45) is 0.0918. The van der Waals surface area contributed by atoms with Crippen molar-refractivity contribution in [2.75, 3.05) is 0 Å². The van der Waals surface area contributed by atoms with Crippen molar-refractivity contribution in [2.45, 2.75) is 25.7 Å². The van der Waals surface area contributed by atoms with Crippen molar-refractivity contribution < 1.29 is 39.4 Å². The fourth-order valence-electron chi connectivity index (χ4n) is 2.73. The molecule has 0 heterocycles. The van der Waals surface area contributed by atoms with Crippen LogP contribution in [0.2, 0.25) is 0 Å². The fraction of sp³-hybridized carbons (Fsp3) is 0.174. The average molecular weight is 524 g/mol. The molecule has 34 heavy (non-hydrogen) atoms. The number of hydrogen-bond donors (Lipinski definition) is 0. The van der Waals surface area contributed by atoms with E-state index in [4.69, 9.17) is 9.47 Å².